The van der Waals surface area contributed by atoms with Crippen molar-refractivity contribution in [2.75, 3.05) is 6.54 Å². The van der Waals surface area contributed by atoms with Crippen LogP contribution in [-0.4, -0.2) is 39.4 Å². The summed E-state index contributed by atoms with van der Waals surface area (Å²) in [6.07, 6.45) is -0.745. The van der Waals surface area contributed by atoms with E-state index in [2.05, 4.69) is 15.7 Å². The minimum Gasteiger partial charge on any atom is -0.459 e. The van der Waals surface area contributed by atoms with Gasteiger partial charge in [-0.05, 0) is 12.1 Å². The van der Waals surface area contributed by atoms with Gasteiger partial charge in [-0.2, -0.15) is 5.10 Å². The topological polar surface area (TPSA) is 109 Å². The van der Waals surface area contributed by atoms with Crippen molar-refractivity contribution in [2.24, 2.45) is 0 Å². The van der Waals surface area contributed by atoms with E-state index in [9.17, 15) is 14.7 Å². The summed E-state index contributed by atoms with van der Waals surface area (Å²) in [4.78, 5) is 24.3. The Hall–Kier alpha value is -3.39. The Morgan fingerprint density at radius 1 is 1.30 bits per heavy atom. The largest absolute Gasteiger partial charge is 0.459 e. The zero-order valence-electron chi connectivity index (χ0n) is 14.4. The van der Waals surface area contributed by atoms with Crippen LogP contribution in [0.25, 0.3) is 11.3 Å². The van der Waals surface area contributed by atoms with Gasteiger partial charge in [-0.3, -0.25) is 14.3 Å². The first-order valence-corrected chi connectivity index (χ1v) is 8.56. The Morgan fingerprint density at radius 2 is 2.11 bits per heavy atom. The molecule has 0 spiro atoms. The second-order valence-electron chi connectivity index (χ2n) is 6.28. The molecule has 4 rings (SSSR count). The molecule has 0 aliphatic carbocycles. The third-order valence-electron chi connectivity index (χ3n) is 4.27. The number of aromatic nitrogens is 2. The van der Waals surface area contributed by atoms with Gasteiger partial charge in [0.25, 0.3) is 11.8 Å². The summed E-state index contributed by atoms with van der Waals surface area (Å²) in [5.74, 6) is 0.544. The summed E-state index contributed by atoms with van der Waals surface area (Å²) < 4.78 is 7.10. The number of aliphatic hydroxyl groups excluding tert-OH is 1. The Bertz CT molecular complexity index is 977. The maximum absolute atomic E-state index is 12.4. The van der Waals surface area contributed by atoms with Crippen molar-refractivity contribution in [1.82, 2.24) is 20.4 Å². The lowest BCUT2D eigenvalue weighted by molar-refractivity contribution is 0.0931. The molecular weight excluding hydrogens is 348 g/mol. The molecule has 1 aromatic carbocycles. The summed E-state index contributed by atoms with van der Waals surface area (Å²) in [5.41, 5.74) is 1.32. The van der Waals surface area contributed by atoms with E-state index in [-0.39, 0.29) is 36.9 Å². The number of amides is 2. The van der Waals surface area contributed by atoms with E-state index in [1.54, 1.807) is 6.07 Å². The van der Waals surface area contributed by atoms with Crippen molar-refractivity contribution in [3.63, 3.8) is 0 Å². The number of hydrogen-bond donors (Lipinski definition) is 3. The van der Waals surface area contributed by atoms with E-state index < -0.39 is 12.0 Å². The van der Waals surface area contributed by atoms with Gasteiger partial charge in [0, 0.05) is 18.2 Å². The van der Waals surface area contributed by atoms with Gasteiger partial charge >= 0.3 is 0 Å². The predicted octanol–water partition coefficient (Wildman–Crippen LogP) is 1.18. The number of hydrogen-bond acceptors (Lipinski definition) is 5. The van der Waals surface area contributed by atoms with Crippen molar-refractivity contribution in [2.45, 2.75) is 19.2 Å². The molecule has 0 fully saturated rings. The number of carbonyl (C=O) groups excluding carboxylic acids is 2. The van der Waals surface area contributed by atoms with Crippen molar-refractivity contribution in [3.05, 3.63) is 65.7 Å². The lowest BCUT2D eigenvalue weighted by atomic mass is 10.2. The van der Waals surface area contributed by atoms with Crippen LogP contribution in [-0.2, 0) is 13.1 Å². The van der Waals surface area contributed by atoms with Crippen LogP contribution in [0.5, 0.6) is 0 Å². The summed E-state index contributed by atoms with van der Waals surface area (Å²) in [6.45, 7) is 0.509. The van der Waals surface area contributed by atoms with Crippen LogP contribution in [0, 0.1) is 0 Å². The molecule has 1 aliphatic heterocycles. The van der Waals surface area contributed by atoms with Crippen molar-refractivity contribution in [1.29, 1.82) is 0 Å². The van der Waals surface area contributed by atoms with E-state index in [4.69, 9.17) is 4.42 Å². The minimum atomic E-state index is -0.745. The SMILES string of the molecule is O=C(NCc1ccc(-c2ccccc2)o1)c1cc2n(n1)CC(O)CNC2=O. The second-order valence-corrected chi connectivity index (χ2v) is 6.28. The summed E-state index contributed by atoms with van der Waals surface area (Å²) in [5, 5.41) is 19.2. The first-order valence-electron chi connectivity index (χ1n) is 8.56. The zero-order valence-corrected chi connectivity index (χ0v) is 14.4. The van der Waals surface area contributed by atoms with E-state index in [0.29, 0.717) is 5.76 Å². The molecule has 138 valence electrons. The predicted molar refractivity (Wildman–Crippen MR) is 95.9 cm³/mol. The van der Waals surface area contributed by atoms with Crippen LogP contribution in [0.3, 0.4) is 0 Å². The zero-order chi connectivity index (χ0) is 18.8. The van der Waals surface area contributed by atoms with Crippen molar-refractivity contribution in [3.8, 4) is 11.3 Å². The average Bonchev–Trinajstić information content (AvgIpc) is 3.30. The standard InChI is InChI=1S/C19H18N4O4/c24-13-9-20-19(26)16-8-15(22-23(16)11-13)18(25)21-10-14-6-7-17(27-14)12-4-2-1-3-5-12/h1-8,13,24H,9-11H2,(H,20,26)(H,21,25). The molecule has 3 heterocycles. The smallest absolute Gasteiger partial charge is 0.272 e. The molecule has 27 heavy (non-hydrogen) atoms. The molecule has 0 saturated carbocycles. The van der Waals surface area contributed by atoms with Gasteiger partial charge in [0.05, 0.1) is 19.2 Å². The molecule has 3 aromatic rings. The minimum absolute atomic E-state index is 0.115. The maximum Gasteiger partial charge on any atom is 0.272 e. The first-order chi connectivity index (χ1) is 13.1. The molecule has 3 N–H and O–H groups in total. The van der Waals surface area contributed by atoms with Crippen LogP contribution in [0.15, 0.2) is 52.9 Å². The second kappa shape index (κ2) is 7.08. The van der Waals surface area contributed by atoms with Gasteiger partial charge < -0.3 is 20.2 Å². The van der Waals surface area contributed by atoms with Crippen LogP contribution in [0.4, 0.5) is 0 Å². The highest BCUT2D eigenvalue weighted by Gasteiger charge is 2.24. The number of aliphatic hydroxyl groups is 1. The van der Waals surface area contributed by atoms with Gasteiger partial charge in [-0.15, -0.1) is 0 Å². The van der Waals surface area contributed by atoms with E-state index >= 15 is 0 Å². The highest BCUT2D eigenvalue weighted by atomic mass is 16.3. The lowest BCUT2D eigenvalue weighted by Gasteiger charge is -2.06. The fraction of sp³-hybridized carbons (Fsp3) is 0.211. The van der Waals surface area contributed by atoms with Gasteiger partial charge in [0.2, 0.25) is 0 Å². The molecule has 2 aromatic heterocycles. The number of nitrogens with zero attached hydrogens (tertiary/aromatic N) is 2. The van der Waals surface area contributed by atoms with Crippen LogP contribution < -0.4 is 10.6 Å². The molecule has 2 amide bonds. The number of carbonyl (C=O) groups is 2. The van der Waals surface area contributed by atoms with Crippen LogP contribution >= 0.6 is 0 Å². The molecule has 1 atom stereocenters. The number of β-amino-alcohol motifs (C(OH)–C–C–N with tert-alkyl or cyclic N) is 1. The molecule has 1 unspecified atom stereocenters. The van der Waals surface area contributed by atoms with E-state index in [1.165, 1.54) is 10.7 Å². The Labute approximate surface area is 154 Å². The third kappa shape index (κ3) is 3.61. The normalized spacial score (nSPS) is 16.3. The first kappa shape index (κ1) is 17.0. The number of furan rings is 1. The Balaban J connectivity index is 1.43. The fourth-order valence-corrected chi connectivity index (χ4v) is 2.90. The van der Waals surface area contributed by atoms with Gasteiger partial charge in [0.15, 0.2) is 5.69 Å². The Kier molecular flexibility index (Phi) is 4.47. The molecule has 0 saturated heterocycles. The van der Waals surface area contributed by atoms with Crippen LogP contribution in [0.2, 0.25) is 0 Å². The van der Waals surface area contributed by atoms with Crippen LogP contribution in [0.1, 0.15) is 26.7 Å². The fourth-order valence-electron chi connectivity index (χ4n) is 2.90. The van der Waals surface area contributed by atoms with Gasteiger partial charge in [0.1, 0.15) is 17.2 Å². The molecule has 8 heteroatoms. The average molecular weight is 366 g/mol. The molecular formula is C19H18N4O4. The van der Waals surface area contributed by atoms with Gasteiger partial charge in [-0.1, -0.05) is 30.3 Å². The highest BCUT2D eigenvalue weighted by molar-refractivity contribution is 5.98. The highest BCUT2D eigenvalue weighted by Crippen LogP contribution is 2.21. The van der Waals surface area contributed by atoms with E-state index in [1.807, 2.05) is 36.4 Å². The monoisotopic (exact) mass is 366 g/mol. The molecule has 0 radical (unpaired) electrons. The lowest BCUT2D eigenvalue weighted by Crippen LogP contribution is -2.30. The molecule has 0 bridgehead atoms. The Morgan fingerprint density at radius 3 is 2.93 bits per heavy atom. The molecule has 1 aliphatic rings. The number of nitrogens with one attached hydrogen (secondary N) is 2. The van der Waals surface area contributed by atoms with Crippen molar-refractivity contribution < 1.29 is 19.1 Å². The summed E-state index contributed by atoms with van der Waals surface area (Å²) in [6, 6.07) is 14.7. The van der Waals surface area contributed by atoms with Gasteiger partial charge in [-0.25, -0.2) is 0 Å². The molecule has 8 nitrogen and oxygen atoms in total. The summed E-state index contributed by atoms with van der Waals surface area (Å²) >= 11 is 0. The number of rotatable bonds is 4. The quantitative estimate of drug-likeness (QED) is 0.642. The third-order valence-corrected chi connectivity index (χ3v) is 4.27. The number of fused-ring (bicyclic) bond motifs is 1. The van der Waals surface area contributed by atoms with Crippen molar-refractivity contribution >= 4 is 11.8 Å². The summed E-state index contributed by atoms with van der Waals surface area (Å²) in [7, 11) is 0. The maximum atomic E-state index is 12.4. The number of benzene rings is 1. The van der Waals surface area contributed by atoms with E-state index in [0.717, 1.165) is 11.3 Å².